The number of rotatable bonds is 5. The van der Waals surface area contributed by atoms with Crippen molar-refractivity contribution in [2.75, 3.05) is 19.4 Å². The fraction of sp³-hybridized carbons (Fsp3) is 0.500. The highest BCUT2D eigenvalue weighted by molar-refractivity contribution is 5.85. The summed E-state index contributed by atoms with van der Waals surface area (Å²) in [5, 5.41) is 3.83. The molecule has 28 heavy (non-hydrogen) atoms. The first-order chi connectivity index (χ1) is 12.6. The highest BCUT2D eigenvalue weighted by Gasteiger charge is 2.37. The normalized spacial score (nSPS) is 23.5. The lowest BCUT2D eigenvalue weighted by Gasteiger charge is -2.45. The summed E-state index contributed by atoms with van der Waals surface area (Å²) in [6, 6.07) is 18.6. The molecule has 2 aliphatic rings. The van der Waals surface area contributed by atoms with E-state index >= 15 is 0 Å². The van der Waals surface area contributed by atoms with Gasteiger partial charge in [0.15, 0.2) is 0 Å². The van der Waals surface area contributed by atoms with Crippen LogP contribution >= 0.6 is 24.8 Å². The van der Waals surface area contributed by atoms with Crippen LogP contribution in [0, 0.1) is 0 Å². The molecule has 4 rings (SSSR count). The molecule has 0 aliphatic heterocycles. The quantitative estimate of drug-likeness (QED) is 0.645. The van der Waals surface area contributed by atoms with Crippen molar-refractivity contribution in [3.63, 3.8) is 0 Å². The van der Waals surface area contributed by atoms with Gasteiger partial charge in [-0.25, -0.2) is 0 Å². The SMILES string of the molecule is CN(C)C1(Cc2ccccc2)CCC(Nc2ccc3c(c2)CCC3)CC1.Cl.Cl. The van der Waals surface area contributed by atoms with Gasteiger partial charge < -0.3 is 10.2 Å². The van der Waals surface area contributed by atoms with Crippen LogP contribution in [-0.2, 0) is 19.3 Å². The first kappa shape index (κ1) is 23.1. The summed E-state index contributed by atoms with van der Waals surface area (Å²) >= 11 is 0. The molecular weight excluding hydrogens is 387 g/mol. The number of likely N-dealkylation sites (N-methyl/N-ethyl adjacent to an activating group) is 1. The van der Waals surface area contributed by atoms with Crippen molar-refractivity contribution in [2.24, 2.45) is 0 Å². The highest BCUT2D eigenvalue weighted by atomic mass is 35.5. The van der Waals surface area contributed by atoms with Crippen LogP contribution in [0.3, 0.4) is 0 Å². The third-order valence-corrected chi connectivity index (χ3v) is 6.71. The number of halogens is 2. The molecule has 0 spiro atoms. The average molecular weight is 421 g/mol. The molecule has 2 aliphatic carbocycles. The second-order valence-electron chi connectivity index (χ2n) is 8.54. The molecule has 4 heteroatoms. The minimum Gasteiger partial charge on any atom is -0.382 e. The van der Waals surface area contributed by atoms with Gasteiger partial charge in [0.2, 0.25) is 0 Å². The van der Waals surface area contributed by atoms with E-state index in [1.165, 1.54) is 56.2 Å². The number of fused-ring (bicyclic) bond motifs is 1. The minimum atomic E-state index is 0. The van der Waals surface area contributed by atoms with Crippen LogP contribution in [0.1, 0.15) is 48.8 Å². The van der Waals surface area contributed by atoms with Gasteiger partial charge in [0.1, 0.15) is 0 Å². The first-order valence-electron chi connectivity index (χ1n) is 10.2. The van der Waals surface area contributed by atoms with E-state index in [4.69, 9.17) is 0 Å². The smallest absolute Gasteiger partial charge is 0.0345 e. The van der Waals surface area contributed by atoms with Gasteiger partial charge in [0, 0.05) is 17.3 Å². The lowest BCUT2D eigenvalue weighted by atomic mass is 9.74. The molecule has 0 aromatic heterocycles. The molecule has 0 saturated heterocycles. The molecule has 1 N–H and O–H groups in total. The van der Waals surface area contributed by atoms with Crippen LogP contribution in [0.2, 0.25) is 0 Å². The van der Waals surface area contributed by atoms with E-state index in [9.17, 15) is 0 Å². The van der Waals surface area contributed by atoms with Gasteiger partial charge in [0.05, 0.1) is 0 Å². The number of benzene rings is 2. The van der Waals surface area contributed by atoms with Crippen molar-refractivity contribution in [2.45, 2.75) is 62.9 Å². The Labute approximate surface area is 182 Å². The number of hydrogen-bond donors (Lipinski definition) is 1. The molecular formula is C24H34Cl2N2. The monoisotopic (exact) mass is 420 g/mol. The van der Waals surface area contributed by atoms with Crippen molar-refractivity contribution in [1.82, 2.24) is 4.90 Å². The Bertz CT molecular complexity index is 738. The molecule has 0 radical (unpaired) electrons. The predicted molar refractivity (Wildman–Crippen MR) is 125 cm³/mol. The van der Waals surface area contributed by atoms with Crippen molar-refractivity contribution in [3.05, 3.63) is 65.2 Å². The second-order valence-corrected chi connectivity index (χ2v) is 8.54. The van der Waals surface area contributed by atoms with Gasteiger partial charge in [-0.1, -0.05) is 36.4 Å². The van der Waals surface area contributed by atoms with Crippen molar-refractivity contribution in [1.29, 1.82) is 0 Å². The van der Waals surface area contributed by atoms with Crippen molar-refractivity contribution >= 4 is 30.5 Å². The standard InChI is InChI=1S/C24H32N2.2ClH/c1-26(2)24(18-19-7-4-3-5-8-19)15-13-22(14-16-24)25-23-12-11-20-9-6-10-21(20)17-23;;/h3-5,7-8,11-12,17,22,25H,6,9-10,13-16,18H2,1-2H3;2*1H. The first-order valence-corrected chi connectivity index (χ1v) is 10.2. The van der Waals surface area contributed by atoms with Crippen LogP contribution in [0.15, 0.2) is 48.5 Å². The Morgan fingerprint density at radius 1 is 0.929 bits per heavy atom. The maximum atomic E-state index is 3.83. The Hall–Kier alpha value is -1.22. The van der Waals surface area contributed by atoms with E-state index in [0.29, 0.717) is 11.6 Å². The molecule has 0 atom stereocenters. The minimum absolute atomic E-state index is 0. The van der Waals surface area contributed by atoms with Gasteiger partial charge >= 0.3 is 0 Å². The predicted octanol–water partition coefficient (Wildman–Crippen LogP) is 5.92. The lowest BCUT2D eigenvalue weighted by Crippen LogP contribution is -2.50. The van der Waals surface area contributed by atoms with E-state index in [1.54, 1.807) is 11.1 Å². The van der Waals surface area contributed by atoms with E-state index in [1.807, 2.05) is 0 Å². The topological polar surface area (TPSA) is 15.3 Å². The molecule has 2 nitrogen and oxygen atoms in total. The second kappa shape index (κ2) is 10.0. The summed E-state index contributed by atoms with van der Waals surface area (Å²) < 4.78 is 0. The molecule has 0 bridgehead atoms. The van der Waals surface area contributed by atoms with E-state index < -0.39 is 0 Å². The van der Waals surface area contributed by atoms with Crippen molar-refractivity contribution < 1.29 is 0 Å². The maximum absolute atomic E-state index is 3.83. The molecule has 2 aromatic rings. The van der Waals surface area contributed by atoms with Crippen LogP contribution in [-0.4, -0.2) is 30.6 Å². The summed E-state index contributed by atoms with van der Waals surface area (Å²) in [7, 11) is 4.52. The average Bonchev–Trinajstić information content (AvgIpc) is 3.12. The summed E-state index contributed by atoms with van der Waals surface area (Å²) in [6.07, 6.45) is 10.0. The van der Waals surface area contributed by atoms with Crippen LogP contribution in [0.4, 0.5) is 5.69 Å². The van der Waals surface area contributed by atoms with Crippen LogP contribution < -0.4 is 5.32 Å². The number of aryl methyl sites for hydroxylation is 2. The zero-order valence-electron chi connectivity index (χ0n) is 17.1. The Kier molecular flexibility index (Phi) is 8.24. The molecule has 1 fully saturated rings. The van der Waals surface area contributed by atoms with Crippen LogP contribution in [0.25, 0.3) is 0 Å². The van der Waals surface area contributed by atoms with E-state index in [0.717, 1.165) is 6.42 Å². The third-order valence-electron chi connectivity index (χ3n) is 6.71. The zero-order valence-corrected chi connectivity index (χ0v) is 18.7. The maximum Gasteiger partial charge on any atom is 0.0345 e. The Morgan fingerprint density at radius 3 is 2.29 bits per heavy atom. The molecule has 0 heterocycles. The third kappa shape index (κ3) is 5.03. The van der Waals surface area contributed by atoms with E-state index in [-0.39, 0.29) is 24.8 Å². The van der Waals surface area contributed by atoms with Gasteiger partial charge in [-0.2, -0.15) is 0 Å². The number of nitrogens with zero attached hydrogens (tertiary/aromatic N) is 1. The van der Waals surface area contributed by atoms with Gasteiger partial charge in [-0.15, -0.1) is 24.8 Å². The van der Waals surface area contributed by atoms with Crippen LogP contribution in [0.5, 0.6) is 0 Å². The summed E-state index contributed by atoms with van der Waals surface area (Å²) in [5.41, 5.74) is 6.23. The molecule has 0 amide bonds. The zero-order chi connectivity index (χ0) is 18.0. The van der Waals surface area contributed by atoms with Crippen molar-refractivity contribution in [3.8, 4) is 0 Å². The molecule has 1 saturated carbocycles. The van der Waals surface area contributed by atoms with Gasteiger partial charge in [-0.3, -0.25) is 0 Å². The van der Waals surface area contributed by atoms with Gasteiger partial charge in [-0.05, 0) is 94.3 Å². The number of nitrogens with one attached hydrogen (secondary N) is 1. The fourth-order valence-corrected chi connectivity index (χ4v) is 4.95. The highest BCUT2D eigenvalue weighted by Crippen LogP contribution is 2.36. The fourth-order valence-electron chi connectivity index (χ4n) is 4.95. The Morgan fingerprint density at radius 2 is 1.61 bits per heavy atom. The molecule has 0 unspecified atom stereocenters. The van der Waals surface area contributed by atoms with E-state index in [2.05, 4.69) is 72.8 Å². The number of anilines is 1. The summed E-state index contributed by atoms with van der Waals surface area (Å²) in [6.45, 7) is 0. The summed E-state index contributed by atoms with van der Waals surface area (Å²) in [5.74, 6) is 0. The Balaban J connectivity index is 0.00000140. The largest absolute Gasteiger partial charge is 0.382 e. The molecule has 154 valence electrons. The lowest BCUT2D eigenvalue weighted by molar-refractivity contribution is 0.0960. The van der Waals surface area contributed by atoms with Gasteiger partial charge in [0.25, 0.3) is 0 Å². The summed E-state index contributed by atoms with van der Waals surface area (Å²) in [4.78, 5) is 2.48. The molecule has 2 aromatic carbocycles. The number of hydrogen-bond acceptors (Lipinski definition) is 2.